The maximum Gasteiger partial charge on any atom is 0.0575 e. The lowest BCUT2D eigenvalue weighted by Crippen LogP contribution is -2.54. The molecule has 0 bridgehead atoms. The molecule has 0 aromatic carbocycles. The van der Waals surface area contributed by atoms with Gasteiger partial charge in [-0.15, -0.1) is 11.3 Å². The third kappa shape index (κ3) is 2.41. The number of likely N-dealkylation sites (N-methyl/N-ethyl adjacent to an activating group) is 2. The highest BCUT2D eigenvalue weighted by molar-refractivity contribution is 7.10. The molecular formula is C11H18ClN3S. The second-order valence-corrected chi connectivity index (χ2v) is 5.82. The van der Waals surface area contributed by atoms with Crippen LogP contribution in [0.4, 0.5) is 0 Å². The number of nitrogens with two attached hydrogens (primary N) is 1. The van der Waals surface area contributed by atoms with Crippen molar-refractivity contribution in [1.29, 1.82) is 0 Å². The summed E-state index contributed by atoms with van der Waals surface area (Å²) in [5.41, 5.74) is 6.33. The van der Waals surface area contributed by atoms with Crippen molar-refractivity contribution in [2.24, 2.45) is 5.73 Å². The number of piperazine rings is 1. The van der Waals surface area contributed by atoms with E-state index in [4.69, 9.17) is 17.3 Å². The average Bonchev–Trinajstić information content (AvgIpc) is 2.67. The average molecular weight is 260 g/mol. The fraction of sp³-hybridized carbons (Fsp3) is 0.636. The van der Waals surface area contributed by atoms with Gasteiger partial charge in [0.25, 0.3) is 0 Å². The van der Waals surface area contributed by atoms with Crippen LogP contribution in [-0.2, 0) is 0 Å². The molecule has 1 aromatic heterocycles. The molecule has 1 fully saturated rings. The number of hydrogen-bond donors (Lipinski definition) is 1. The molecule has 0 spiro atoms. The Bertz CT molecular complexity index is 355. The number of halogens is 1. The van der Waals surface area contributed by atoms with E-state index in [1.165, 1.54) is 0 Å². The van der Waals surface area contributed by atoms with Gasteiger partial charge >= 0.3 is 0 Å². The van der Waals surface area contributed by atoms with E-state index in [1.807, 2.05) is 11.4 Å². The number of rotatable bonds is 2. The molecule has 2 N–H and O–H groups in total. The molecule has 16 heavy (non-hydrogen) atoms. The SMILES string of the molecule is CN1CCN(C)C(C(N)c2sccc2Cl)C1. The van der Waals surface area contributed by atoms with Gasteiger partial charge in [-0.25, -0.2) is 0 Å². The van der Waals surface area contributed by atoms with Crippen molar-refractivity contribution >= 4 is 22.9 Å². The molecule has 1 saturated heterocycles. The Hall–Kier alpha value is -0.130. The molecule has 1 aromatic rings. The quantitative estimate of drug-likeness (QED) is 0.877. The third-order valence-corrected chi connectivity index (χ3v) is 4.72. The molecule has 2 heterocycles. The van der Waals surface area contributed by atoms with Crippen molar-refractivity contribution < 1.29 is 0 Å². The van der Waals surface area contributed by atoms with Gasteiger partial charge in [0.2, 0.25) is 0 Å². The Morgan fingerprint density at radius 1 is 1.50 bits per heavy atom. The zero-order valence-electron chi connectivity index (χ0n) is 9.69. The molecule has 0 saturated carbocycles. The molecule has 1 aliphatic heterocycles. The summed E-state index contributed by atoms with van der Waals surface area (Å²) in [6.07, 6.45) is 0. The Morgan fingerprint density at radius 2 is 2.25 bits per heavy atom. The lowest BCUT2D eigenvalue weighted by molar-refractivity contribution is 0.0982. The smallest absolute Gasteiger partial charge is 0.0575 e. The first-order chi connectivity index (χ1) is 7.59. The molecule has 0 amide bonds. The van der Waals surface area contributed by atoms with Crippen LogP contribution in [0.15, 0.2) is 11.4 Å². The fourth-order valence-corrected chi connectivity index (χ4v) is 3.39. The first-order valence-electron chi connectivity index (χ1n) is 5.47. The molecule has 2 rings (SSSR count). The van der Waals surface area contributed by atoms with Crippen LogP contribution >= 0.6 is 22.9 Å². The molecule has 90 valence electrons. The van der Waals surface area contributed by atoms with Crippen LogP contribution in [0.25, 0.3) is 0 Å². The first-order valence-corrected chi connectivity index (χ1v) is 6.72. The second-order valence-electron chi connectivity index (χ2n) is 4.47. The minimum Gasteiger partial charge on any atom is -0.322 e. The fourth-order valence-electron chi connectivity index (χ4n) is 2.15. The normalized spacial score (nSPS) is 25.9. The standard InChI is InChI=1S/C11H18ClN3S/c1-14-4-5-15(2)9(7-14)10(13)11-8(12)3-6-16-11/h3,6,9-10H,4-5,7,13H2,1-2H3. The van der Waals surface area contributed by atoms with Crippen LogP contribution in [0.5, 0.6) is 0 Å². The third-order valence-electron chi connectivity index (χ3n) is 3.26. The zero-order chi connectivity index (χ0) is 11.7. The summed E-state index contributed by atoms with van der Waals surface area (Å²) in [4.78, 5) is 5.76. The molecule has 2 unspecified atom stereocenters. The van der Waals surface area contributed by atoms with Gasteiger partial charge in [0.05, 0.1) is 11.1 Å². The Balaban J connectivity index is 2.14. The summed E-state index contributed by atoms with van der Waals surface area (Å²) in [5.74, 6) is 0. The highest BCUT2D eigenvalue weighted by atomic mass is 35.5. The number of nitrogens with zero attached hydrogens (tertiary/aromatic N) is 2. The van der Waals surface area contributed by atoms with E-state index in [0.29, 0.717) is 6.04 Å². The van der Waals surface area contributed by atoms with Gasteiger partial charge in [-0.05, 0) is 25.5 Å². The first kappa shape index (κ1) is 12.3. The largest absolute Gasteiger partial charge is 0.322 e. The van der Waals surface area contributed by atoms with Crippen molar-refractivity contribution in [3.8, 4) is 0 Å². The summed E-state index contributed by atoms with van der Waals surface area (Å²) in [5, 5.41) is 2.81. The van der Waals surface area contributed by atoms with Gasteiger partial charge in [0, 0.05) is 30.6 Å². The number of hydrogen-bond acceptors (Lipinski definition) is 4. The number of thiophene rings is 1. The van der Waals surface area contributed by atoms with Crippen LogP contribution < -0.4 is 5.73 Å². The highest BCUT2D eigenvalue weighted by Gasteiger charge is 2.30. The molecule has 3 nitrogen and oxygen atoms in total. The summed E-state index contributed by atoms with van der Waals surface area (Å²) >= 11 is 7.79. The van der Waals surface area contributed by atoms with Gasteiger partial charge < -0.3 is 10.6 Å². The minimum atomic E-state index is 0.0141. The maximum absolute atomic E-state index is 6.33. The van der Waals surface area contributed by atoms with E-state index in [-0.39, 0.29) is 6.04 Å². The summed E-state index contributed by atoms with van der Waals surface area (Å²) < 4.78 is 0. The van der Waals surface area contributed by atoms with Crippen molar-refractivity contribution in [2.45, 2.75) is 12.1 Å². The Labute approximate surface area is 106 Å². The van der Waals surface area contributed by atoms with E-state index < -0.39 is 0 Å². The van der Waals surface area contributed by atoms with Crippen LogP contribution in [0.2, 0.25) is 5.02 Å². The predicted octanol–water partition coefficient (Wildman–Crippen LogP) is 1.65. The van der Waals surface area contributed by atoms with Gasteiger partial charge in [-0.2, -0.15) is 0 Å². The van der Waals surface area contributed by atoms with Crippen molar-refractivity contribution in [2.75, 3.05) is 33.7 Å². The highest BCUT2D eigenvalue weighted by Crippen LogP contribution is 2.31. The Kier molecular flexibility index (Phi) is 3.87. The van der Waals surface area contributed by atoms with E-state index in [9.17, 15) is 0 Å². The molecule has 5 heteroatoms. The van der Waals surface area contributed by atoms with Gasteiger partial charge in [-0.3, -0.25) is 4.90 Å². The van der Waals surface area contributed by atoms with Crippen molar-refractivity contribution in [3.05, 3.63) is 21.3 Å². The van der Waals surface area contributed by atoms with Crippen LogP contribution in [0.1, 0.15) is 10.9 Å². The minimum absolute atomic E-state index is 0.0141. The zero-order valence-corrected chi connectivity index (χ0v) is 11.3. The van der Waals surface area contributed by atoms with Crippen LogP contribution in [-0.4, -0.2) is 49.6 Å². The maximum atomic E-state index is 6.33. The molecule has 1 aliphatic rings. The van der Waals surface area contributed by atoms with E-state index >= 15 is 0 Å². The van der Waals surface area contributed by atoms with E-state index in [1.54, 1.807) is 11.3 Å². The van der Waals surface area contributed by atoms with Gasteiger partial charge in [0.1, 0.15) is 0 Å². The predicted molar refractivity (Wildman–Crippen MR) is 70.2 cm³/mol. The molecule has 0 radical (unpaired) electrons. The van der Waals surface area contributed by atoms with Gasteiger partial charge in [0.15, 0.2) is 0 Å². The molecule has 2 atom stereocenters. The monoisotopic (exact) mass is 259 g/mol. The van der Waals surface area contributed by atoms with Crippen molar-refractivity contribution in [1.82, 2.24) is 9.80 Å². The lowest BCUT2D eigenvalue weighted by atomic mass is 10.0. The molecule has 0 aliphatic carbocycles. The summed E-state index contributed by atoms with van der Waals surface area (Å²) in [6, 6.07) is 2.30. The Morgan fingerprint density at radius 3 is 2.88 bits per heavy atom. The van der Waals surface area contributed by atoms with Crippen molar-refractivity contribution in [3.63, 3.8) is 0 Å². The van der Waals surface area contributed by atoms with E-state index in [0.717, 1.165) is 29.5 Å². The summed E-state index contributed by atoms with van der Waals surface area (Å²) in [6.45, 7) is 3.18. The molecular weight excluding hydrogens is 242 g/mol. The van der Waals surface area contributed by atoms with Crippen LogP contribution in [0.3, 0.4) is 0 Å². The second kappa shape index (κ2) is 5.02. The van der Waals surface area contributed by atoms with E-state index in [2.05, 4.69) is 23.9 Å². The van der Waals surface area contributed by atoms with Gasteiger partial charge in [-0.1, -0.05) is 11.6 Å². The summed E-state index contributed by atoms with van der Waals surface area (Å²) in [7, 11) is 4.28. The topological polar surface area (TPSA) is 32.5 Å². The lowest BCUT2D eigenvalue weighted by Gasteiger charge is -2.40. The van der Waals surface area contributed by atoms with Crippen LogP contribution in [0, 0.1) is 0 Å².